The Kier molecular flexibility index (Phi) is 12.3. The molecule has 8 heteroatoms. The lowest BCUT2D eigenvalue weighted by molar-refractivity contribution is 0.101. The predicted molar refractivity (Wildman–Crippen MR) is 156 cm³/mol. The Labute approximate surface area is 229 Å². The van der Waals surface area contributed by atoms with Crippen molar-refractivity contribution in [2.75, 3.05) is 24.2 Å². The minimum absolute atomic E-state index is 0.236. The first-order valence-corrected chi connectivity index (χ1v) is 13.6. The Hall–Kier alpha value is -2.71. The lowest BCUT2D eigenvalue weighted by Crippen LogP contribution is -2.21. The van der Waals surface area contributed by atoms with Crippen LogP contribution in [0.15, 0.2) is 54.6 Å². The number of hydrogen-bond donors (Lipinski definition) is 3. The van der Waals surface area contributed by atoms with Gasteiger partial charge < -0.3 is 15.7 Å². The largest absolute Gasteiger partial charge is 0.391 e. The molecular formula is C29H38ClN3O3S. The Morgan fingerprint density at radius 1 is 1.11 bits per heavy atom. The highest BCUT2D eigenvalue weighted by Crippen LogP contribution is 2.26. The zero-order valence-electron chi connectivity index (χ0n) is 22.3. The van der Waals surface area contributed by atoms with E-state index in [1.165, 1.54) is 16.9 Å². The number of carbonyl (C=O) groups is 2. The number of amides is 1. The van der Waals surface area contributed by atoms with Crippen LogP contribution in [0.25, 0.3) is 0 Å². The van der Waals surface area contributed by atoms with Gasteiger partial charge in [0.05, 0.1) is 14.8 Å². The number of aldehydes is 1. The second-order valence-corrected chi connectivity index (χ2v) is 11.6. The molecule has 0 saturated heterocycles. The van der Waals surface area contributed by atoms with Gasteiger partial charge in [0.1, 0.15) is 6.29 Å². The molecule has 0 aliphatic rings. The quantitative estimate of drug-likeness (QED) is 0.178. The zero-order chi connectivity index (χ0) is 27.4. The number of aliphatic hydroxyl groups is 1. The summed E-state index contributed by atoms with van der Waals surface area (Å²) in [7, 11) is 2.00. The first kappa shape index (κ1) is 30.5. The molecule has 2 aromatic carbocycles. The van der Waals surface area contributed by atoms with E-state index >= 15 is 0 Å². The Balaban J connectivity index is 0.000000877. The Morgan fingerprint density at radius 3 is 2.43 bits per heavy atom. The van der Waals surface area contributed by atoms with E-state index in [1.54, 1.807) is 45.0 Å². The normalized spacial score (nSPS) is 11.0. The number of nitrogens with zero attached hydrogens (tertiary/aromatic N) is 1. The topological polar surface area (TPSA) is 81.7 Å². The molecule has 0 aliphatic carbocycles. The number of unbranched alkanes of at least 4 members (excludes halogenated alkanes) is 1. The van der Waals surface area contributed by atoms with Crippen LogP contribution in [0.3, 0.4) is 0 Å². The minimum Gasteiger partial charge on any atom is -0.391 e. The fraction of sp³-hybridized carbons (Fsp3) is 0.379. The summed E-state index contributed by atoms with van der Waals surface area (Å²) in [5, 5.41) is 14.9. The summed E-state index contributed by atoms with van der Waals surface area (Å²) >= 11 is 7.18. The third-order valence-electron chi connectivity index (χ3n) is 5.05. The molecule has 3 N–H and O–H groups in total. The highest BCUT2D eigenvalue weighted by Gasteiger charge is 2.15. The summed E-state index contributed by atoms with van der Waals surface area (Å²) in [6.07, 6.45) is 3.13. The van der Waals surface area contributed by atoms with Gasteiger partial charge in [-0.25, -0.2) is 0 Å². The SMILES string of the molecule is CC(C)(C)O.CCCCNc1cccc(CN(C)Cc2c(C=O)cccc2NC(=O)c2ccc(Cl)s2)c1. The molecule has 3 rings (SSSR count). The van der Waals surface area contributed by atoms with Crippen molar-refractivity contribution in [2.24, 2.45) is 0 Å². The predicted octanol–water partition coefficient (Wildman–Crippen LogP) is 7.09. The van der Waals surface area contributed by atoms with E-state index in [1.807, 2.05) is 13.1 Å². The van der Waals surface area contributed by atoms with Crippen molar-refractivity contribution >= 4 is 46.5 Å². The fourth-order valence-electron chi connectivity index (χ4n) is 3.46. The zero-order valence-corrected chi connectivity index (χ0v) is 23.9. The third-order valence-corrected chi connectivity index (χ3v) is 6.28. The van der Waals surface area contributed by atoms with Crippen molar-refractivity contribution in [3.8, 4) is 0 Å². The van der Waals surface area contributed by atoms with Gasteiger partial charge in [-0.1, -0.05) is 49.2 Å². The van der Waals surface area contributed by atoms with Gasteiger partial charge in [-0.15, -0.1) is 11.3 Å². The van der Waals surface area contributed by atoms with Gasteiger partial charge in [-0.2, -0.15) is 0 Å². The minimum atomic E-state index is -0.500. The van der Waals surface area contributed by atoms with Crippen molar-refractivity contribution in [3.05, 3.63) is 80.5 Å². The summed E-state index contributed by atoms with van der Waals surface area (Å²) in [5.74, 6) is -0.236. The molecule has 0 saturated carbocycles. The molecule has 0 bridgehead atoms. The molecule has 0 radical (unpaired) electrons. The van der Waals surface area contributed by atoms with Crippen molar-refractivity contribution in [3.63, 3.8) is 0 Å². The molecule has 0 atom stereocenters. The van der Waals surface area contributed by atoms with Gasteiger partial charge in [-0.05, 0) is 70.1 Å². The van der Waals surface area contributed by atoms with Gasteiger partial charge >= 0.3 is 0 Å². The van der Waals surface area contributed by atoms with Crippen molar-refractivity contribution in [1.82, 2.24) is 4.90 Å². The maximum atomic E-state index is 12.6. The summed E-state index contributed by atoms with van der Waals surface area (Å²) in [4.78, 5) is 27.0. The van der Waals surface area contributed by atoms with E-state index in [0.717, 1.165) is 36.9 Å². The van der Waals surface area contributed by atoms with Crippen LogP contribution in [0.4, 0.5) is 11.4 Å². The van der Waals surface area contributed by atoms with Crippen LogP contribution in [0, 0.1) is 0 Å². The number of anilines is 2. The highest BCUT2D eigenvalue weighted by atomic mass is 35.5. The number of thiophene rings is 1. The number of carbonyl (C=O) groups excluding carboxylic acids is 2. The third kappa shape index (κ3) is 11.5. The van der Waals surface area contributed by atoms with Crippen molar-refractivity contribution < 1.29 is 14.7 Å². The van der Waals surface area contributed by atoms with E-state index in [4.69, 9.17) is 16.7 Å². The van der Waals surface area contributed by atoms with Crippen molar-refractivity contribution in [2.45, 2.75) is 59.2 Å². The smallest absolute Gasteiger partial charge is 0.265 e. The van der Waals surface area contributed by atoms with E-state index in [9.17, 15) is 9.59 Å². The number of nitrogens with one attached hydrogen (secondary N) is 2. The molecule has 1 heterocycles. The van der Waals surface area contributed by atoms with E-state index in [0.29, 0.717) is 33.6 Å². The first-order chi connectivity index (χ1) is 17.5. The number of halogens is 1. The summed E-state index contributed by atoms with van der Waals surface area (Å²) in [6, 6.07) is 17.1. The van der Waals surface area contributed by atoms with Crippen LogP contribution in [0.5, 0.6) is 0 Å². The molecule has 1 amide bonds. The van der Waals surface area contributed by atoms with Crippen LogP contribution < -0.4 is 10.6 Å². The summed E-state index contributed by atoms with van der Waals surface area (Å²) in [5.41, 5.74) is 3.77. The van der Waals surface area contributed by atoms with Crippen molar-refractivity contribution in [1.29, 1.82) is 0 Å². The maximum absolute atomic E-state index is 12.6. The fourth-order valence-corrected chi connectivity index (χ4v) is 4.39. The molecule has 0 fully saturated rings. The number of rotatable bonds is 11. The number of hydrogen-bond acceptors (Lipinski definition) is 6. The summed E-state index contributed by atoms with van der Waals surface area (Å²) < 4.78 is 0.558. The second-order valence-electron chi connectivity index (χ2n) is 9.87. The van der Waals surface area contributed by atoms with Gasteiger partial charge in [-0.3, -0.25) is 14.5 Å². The molecule has 0 spiro atoms. The van der Waals surface area contributed by atoms with Crippen LogP contribution in [-0.2, 0) is 13.1 Å². The molecule has 1 aromatic heterocycles. The van der Waals surface area contributed by atoms with E-state index in [-0.39, 0.29) is 5.91 Å². The number of benzene rings is 2. The van der Waals surface area contributed by atoms with Crippen LogP contribution in [0.1, 0.15) is 71.7 Å². The average molecular weight is 544 g/mol. The molecule has 3 aromatic rings. The van der Waals surface area contributed by atoms with Crippen LogP contribution in [-0.4, -0.2) is 41.4 Å². The Morgan fingerprint density at radius 2 is 1.81 bits per heavy atom. The molecule has 0 unspecified atom stereocenters. The first-order valence-electron chi connectivity index (χ1n) is 12.4. The molecule has 0 aliphatic heterocycles. The van der Waals surface area contributed by atoms with E-state index < -0.39 is 5.60 Å². The van der Waals surface area contributed by atoms with Gasteiger partial charge in [0.2, 0.25) is 0 Å². The van der Waals surface area contributed by atoms with Gasteiger partial charge in [0.25, 0.3) is 5.91 Å². The maximum Gasteiger partial charge on any atom is 0.265 e. The summed E-state index contributed by atoms with van der Waals surface area (Å²) in [6.45, 7) is 9.60. The van der Waals surface area contributed by atoms with Crippen LogP contribution in [0.2, 0.25) is 4.34 Å². The lowest BCUT2D eigenvalue weighted by atomic mass is 10.0. The lowest BCUT2D eigenvalue weighted by Gasteiger charge is -2.21. The Bertz CT molecular complexity index is 1150. The molecule has 37 heavy (non-hydrogen) atoms. The van der Waals surface area contributed by atoms with E-state index in [2.05, 4.69) is 46.7 Å². The second kappa shape index (κ2) is 14.9. The molecular weight excluding hydrogens is 506 g/mol. The highest BCUT2D eigenvalue weighted by molar-refractivity contribution is 7.18. The average Bonchev–Trinajstić information content (AvgIpc) is 3.26. The monoisotopic (exact) mass is 543 g/mol. The molecule has 6 nitrogen and oxygen atoms in total. The van der Waals surface area contributed by atoms with Gasteiger partial charge in [0, 0.05) is 42.1 Å². The van der Waals surface area contributed by atoms with Crippen LogP contribution >= 0.6 is 22.9 Å². The van der Waals surface area contributed by atoms with Gasteiger partial charge in [0.15, 0.2) is 0 Å². The standard InChI is InChI=1S/C25H28ClN3O2S.C4H10O/c1-3-4-13-27-20-9-5-7-18(14-20)15-29(2)16-21-19(17-30)8-6-10-22(21)28-25(31)23-11-12-24(26)32-23;1-4(2,3)5/h5-12,14,17,27H,3-4,13,15-16H2,1-2H3,(H,28,31);5H,1-3H3. The molecule has 200 valence electrons.